The van der Waals surface area contributed by atoms with Crippen LogP contribution in [0.15, 0.2) is 24.5 Å². The first-order valence-electron chi connectivity index (χ1n) is 9.51. The van der Waals surface area contributed by atoms with Crippen LogP contribution in [0.5, 0.6) is 0 Å². The zero-order valence-electron chi connectivity index (χ0n) is 15.4. The number of amides is 1. The molecule has 2 aliphatic heterocycles. The van der Waals surface area contributed by atoms with E-state index in [1.807, 2.05) is 12.3 Å². The van der Waals surface area contributed by atoms with Gasteiger partial charge in [-0.05, 0) is 38.3 Å². The summed E-state index contributed by atoms with van der Waals surface area (Å²) in [6, 6.07) is 5.19. The topological polar surface area (TPSA) is 60.5 Å². The lowest BCUT2D eigenvalue weighted by Crippen LogP contribution is -2.52. The smallest absolute Gasteiger partial charge is 0.234 e. The highest BCUT2D eigenvalue weighted by molar-refractivity contribution is 5.78. The van der Waals surface area contributed by atoms with Gasteiger partial charge in [0.05, 0.1) is 6.54 Å². The van der Waals surface area contributed by atoms with Crippen molar-refractivity contribution in [1.29, 1.82) is 0 Å². The van der Waals surface area contributed by atoms with E-state index in [0.717, 1.165) is 45.6 Å². The average molecular weight is 345 g/mol. The highest BCUT2D eigenvalue weighted by Crippen LogP contribution is 2.21. The number of piperazine rings is 1. The summed E-state index contributed by atoms with van der Waals surface area (Å²) in [5.74, 6) is 0.152. The lowest BCUT2D eigenvalue weighted by molar-refractivity contribution is -0.124. The summed E-state index contributed by atoms with van der Waals surface area (Å²) >= 11 is 0. The van der Waals surface area contributed by atoms with Crippen LogP contribution in [0.1, 0.15) is 38.3 Å². The molecule has 2 saturated heterocycles. The van der Waals surface area contributed by atoms with Crippen LogP contribution in [-0.2, 0) is 4.79 Å². The van der Waals surface area contributed by atoms with Crippen molar-refractivity contribution in [2.75, 3.05) is 39.3 Å². The Morgan fingerprint density at radius 2 is 2.16 bits per heavy atom. The van der Waals surface area contributed by atoms with Crippen molar-refractivity contribution in [2.24, 2.45) is 0 Å². The third-order valence-corrected chi connectivity index (χ3v) is 5.40. The first-order chi connectivity index (χ1) is 12.1. The fourth-order valence-corrected chi connectivity index (χ4v) is 3.86. The number of pyridine rings is 1. The Morgan fingerprint density at radius 1 is 1.36 bits per heavy atom. The van der Waals surface area contributed by atoms with E-state index in [4.69, 9.17) is 0 Å². The Morgan fingerprint density at radius 3 is 2.84 bits per heavy atom. The van der Waals surface area contributed by atoms with E-state index in [1.165, 1.54) is 5.56 Å². The summed E-state index contributed by atoms with van der Waals surface area (Å²) in [6.45, 7) is 9.78. The summed E-state index contributed by atoms with van der Waals surface area (Å²) in [4.78, 5) is 21.6. The number of hydrogen-bond donors (Lipinski definition) is 2. The van der Waals surface area contributed by atoms with Gasteiger partial charge in [0.2, 0.25) is 5.91 Å². The molecule has 3 heterocycles. The van der Waals surface area contributed by atoms with Gasteiger partial charge in [-0.2, -0.15) is 0 Å². The van der Waals surface area contributed by atoms with Crippen molar-refractivity contribution in [3.8, 4) is 0 Å². The van der Waals surface area contributed by atoms with E-state index >= 15 is 0 Å². The van der Waals surface area contributed by atoms with Crippen molar-refractivity contribution in [3.63, 3.8) is 0 Å². The van der Waals surface area contributed by atoms with Crippen LogP contribution in [0.2, 0.25) is 0 Å². The summed E-state index contributed by atoms with van der Waals surface area (Å²) < 4.78 is 0. The van der Waals surface area contributed by atoms with Crippen molar-refractivity contribution in [1.82, 2.24) is 25.4 Å². The number of piperidine rings is 1. The minimum atomic E-state index is 0.152. The van der Waals surface area contributed by atoms with Crippen molar-refractivity contribution in [2.45, 2.75) is 44.8 Å². The molecule has 0 aromatic carbocycles. The minimum Gasteiger partial charge on any atom is -0.352 e. The van der Waals surface area contributed by atoms with Gasteiger partial charge in [-0.15, -0.1) is 0 Å². The molecule has 1 atom stereocenters. The quantitative estimate of drug-likeness (QED) is 0.834. The zero-order chi connectivity index (χ0) is 17.6. The predicted molar refractivity (Wildman–Crippen MR) is 99.3 cm³/mol. The molecule has 6 heteroatoms. The SMILES string of the molecule is CC(C)N1CCC(NC(=O)CN2CCNCC2c2cccnc2)CC1. The monoisotopic (exact) mass is 345 g/mol. The van der Waals surface area contributed by atoms with Crippen molar-refractivity contribution in [3.05, 3.63) is 30.1 Å². The second-order valence-corrected chi connectivity index (χ2v) is 7.45. The maximum atomic E-state index is 12.6. The molecule has 25 heavy (non-hydrogen) atoms. The molecular weight excluding hydrogens is 314 g/mol. The Hall–Kier alpha value is -1.50. The zero-order valence-corrected chi connectivity index (χ0v) is 15.4. The van der Waals surface area contributed by atoms with Gasteiger partial charge in [0, 0.05) is 63.2 Å². The molecule has 3 rings (SSSR count). The molecule has 2 aliphatic rings. The van der Waals surface area contributed by atoms with Crippen LogP contribution in [0.3, 0.4) is 0 Å². The van der Waals surface area contributed by atoms with Gasteiger partial charge < -0.3 is 15.5 Å². The van der Waals surface area contributed by atoms with Gasteiger partial charge in [0.25, 0.3) is 0 Å². The van der Waals surface area contributed by atoms with Crippen molar-refractivity contribution < 1.29 is 4.79 Å². The van der Waals surface area contributed by atoms with E-state index in [-0.39, 0.29) is 11.9 Å². The molecule has 0 saturated carbocycles. The van der Waals surface area contributed by atoms with E-state index < -0.39 is 0 Å². The third-order valence-electron chi connectivity index (χ3n) is 5.40. The molecular formula is C19H31N5O. The molecule has 2 N–H and O–H groups in total. The third kappa shape index (κ3) is 5.00. The Balaban J connectivity index is 1.51. The summed E-state index contributed by atoms with van der Waals surface area (Å²) in [5, 5.41) is 6.68. The Bertz CT molecular complexity index is 542. The maximum Gasteiger partial charge on any atom is 0.234 e. The van der Waals surface area contributed by atoms with Crippen LogP contribution in [0, 0.1) is 0 Å². The normalized spacial score (nSPS) is 23.7. The molecule has 2 fully saturated rings. The van der Waals surface area contributed by atoms with Crippen LogP contribution >= 0.6 is 0 Å². The Labute approximate surface area is 151 Å². The standard InChI is InChI=1S/C19H31N5O/c1-15(2)23-9-5-17(6-10-23)22-19(25)14-24-11-8-21-13-18(24)16-4-3-7-20-12-16/h3-4,7,12,15,17-18,21H,5-6,8-11,13-14H2,1-2H3,(H,22,25). The largest absolute Gasteiger partial charge is 0.352 e. The number of carbonyl (C=O) groups is 1. The highest BCUT2D eigenvalue weighted by atomic mass is 16.2. The molecule has 1 aromatic heterocycles. The van der Waals surface area contributed by atoms with Gasteiger partial charge >= 0.3 is 0 Å². The fraction of sp³-hybridized carbons (Fsp3) is 0.684. The van der Waals surface area contributed by atoms with Gasteiger partial charge in [-0.3, -0.25) is 14.7 Å². The van der Waals surface area contributed by atoms with Crippen molar-refractivity contribution >= 4 is 5.91 Å². The van der Waals surface area contributed by atoms with Gasteiger partial charge in [0.1, 0.15) is 0 Å². The van der Waals surface area contributed by atoms with Crippen LogP contribution < -0.4 is 10.6 Å². The van der Waals surface area contributed by atoms with E-state index in [1.54, 1.807) is 6.20 Å². The summed E-state index contributed by atoms with van der Waals surface area (Å²) in [5.41, 5.74) is 1.17. The van der Waals surface area contributed by atoms with Crippen LogP contribution in [0.4, 0.5) is 0 Å². The second kappa shape index (κ2) is 8.74. The molecule has 1 amide bonds. The first-order valence-corrected chi connectivity index (χ1v) is 9.51. The maximum absolute atomic E-state index is 12.6. The molecule has 0 bridgehead atoms. The fourth-order valence-electron chi connectivity index (χ4n) is 3.86. The second-order valence-electron chi connectivity index (χ2n) is 7.45. The van der Waals surface area contributed by atoms with Gasteiger partial charge in [-0.1, -0.05) is 6.07 Å². The van der Waals surface area contributed by atoms with E-state index in [9.17, 15) is 4.79 Å². The molecule has 138 valence electrons. The predicted octanol–water partition coefficient (Wildman–Crippen LogP) is 1.02. The van der Waals surface area contributed by atoms with Gasteiger partial charge in [-0.25, -0.2) is 0 Å². The van der Waals surface area contributed by atoms with Crippen LogP contribution in [-0.4, -0.2) is 72.0 Å². The lowest BCUT2D eigenvalue weighted by Gasteiger charge is -2.37. The Kier molecular flexibility index (Phi) is 6.39. The molecule has 1 aromatic rings. The van der Waals surface area contributed by atoms with E-state index in [2.05, 4.69) is 45.3 Å². The van der Waals surface area contributed by atoms with Gasteiger partial charge in [0.15, 0.2) is 0 Å². The number of aromatic nitrogens is 1. The lowest BCUT2D eigenvalue weighted by atomic mass is 10.0. The molecule has 0 radical (unpaired) electrons. The number of nitrogens with zero attached hydrogens (tertiary/aromatic N) is 3. The van der Waals surface area contributed by atoms with E-state index in [0.29, 0.717) is 18.6 Å². The molecule has 0 aliphatic carbocycles. The number of carbonyl (C=O) groups excluding carboxylic acids is 1. The number of hydrogen-bond acceptors (Lipinski definition) is 5. The molecule has 0 spiro atoms. The number of nitrogens with one attached hydrogen (secondary N) is 2. The molecule has 1 unspecified atom stereocenters. The highest BCUT2D eigenvalue weighted by Gasteiger charge is 2.27. The van der Waals surface area contributed by atoms with Crippen LogP contribution in [0.25, 0.3) is 0 Å². The first kappa shape index (κ1) is 18.3. The average Bonchev–Trinajstić information content (AvgIpc) is 2.63. The molecule has 6 nitrogen and oxygen atoms in total. The summed E-state index contributed by atoms with van der Waals surface area (Å²) in [7, 11) is 0. The summed E-state index contributed by atoms with van der Waals surface area (Å²) in [6.07, 6.45) is 5.81. The minimum absolute atomic E-state index is 0.152. The number of likely N-dealkylation sites (tertiary alicyclic amines) is 1. The number of rotatable bonds is 5.